The quantitative estimate of drug-likeness (QED) is 0.703. The molecule has 0 aromatic carbocycles. The first-order valence-corrected chi connectivity index (χ1v) is 7.77. The Morgan fingerprint density at radius 1 is 1.28 bits per heavy atom. The Labute approximate surface area is 144 Å². The summed E-state index contributed by atoms with van der Waals surface area (Å²) in [6.07, 6.45) is -3.13. The smallest absolute Gasteiger partial charge is 0.300 e. The van der Waals surface area contributed by atoms with Gasteiger partial charge in [-0.3, -0.25) is 19.0 Å². The van der Waals surface area contributed by atoms with Crippen LogP contribution in [-0.2, 0) is 13.2 Å². The number of alkyl halides is 3. The molecule has 0 aliphatic rings. The van der Waals surface area contributed by atoms with Crippen LogP contribution in [-0.4, -0.2) is 24.3 Å². The second-order valence-corrected chi connectivity index (χ2v) is 6.24. The third-order valence-corrected chi connectivity index (χ3v) is 3.99. The lowest BCUT2D eigenvalue weighted by Gasteiger charge is -2.17. The zero-order chi connectivity index (χ0) is 18.5. The summed E-state index contributed by atoms with van der Waals surface area (Å²) < 4.78 is 43.6. The largest absolute Gasteiger partial charge is 0.417 e. The molecule has 132 valence electrons. The molecule has 3 rings (SSSR count). The number of hydrogen-bond acceptors (Lipinski definition) is 4. The van der Waals surface area contributed by atoms with Gasteiger partial charge in [-0.25, -0.2) is 4.98 Å². The number of aromatic nitrogens is 5. The maximum Gasteiger partial charge on any atom is 0.417 e. The number of H-pyrrole nitrogens is 1. The first-order chi connectivity index (χ1) is 11.6. The van der Waals surface area contributed by atoms with Gasteiger partial charge in [0.2, 0.25) is 0 Å². The second-order valence-electron chi connectivity index (χ2n) is 5.85. The van der Waals surface area contributed by atoms with E-state index in [1.807, 2.05) is 0 Å². The highest BCUT2D eigenvalue weighted by Crippen LogP contribution is 2.35. The molecule has 0 spiro atoms. The van der Waals surface area contributed by atoms with E-state index in [4.69, 9.17) is 12.2 Å². The second kappa shape index (κ2) is 5.80. The fourth-order valence-electron chi connectivity index (χ4n) is 2.63. The van der Waals surface area contributed by atoms with E-state index in [1.165, 1.54) is 9.25 Å². The van der Waals surface area contributed by atoms with Gasteiger partial charge < -0.3 is 0 Å². The van der Waals surface area contributed by atoms with Crippen molar-refractivity contribution in [1.82, 2.24) is 24.3 Å². The molecule has 0 bridgehead atoms. The predicted molar refractivity (Wildman–Crippen MR) is 88.8 cm³/mol. The van der Waals surface area contributed by atoms with Crippen LogP contribution >= 0.6 is 12.2 Å². The summed E-state index contributed by atoms with van der Waals surface area (Å²) in [6, 6.07) is 2.10. The van der Waals surface area contributed by atoms with Crippen LogP contribution in [0.15, 0.2) is 23.1 Å². The SMILES string of the molecule is CC(C)n1c(=S)[nH]c(=O)c2c(C(F)(F)F)cc(-c3ccn(C)n3)nc21. The molecule has 0 atom stereocenters. The third kappa shape index (κ3) is 2.97. The van der Waals surface area contributed by atoms with Gasteiger partial charge >= 0.3 is 6.18 Å². The Bertz CT molecular complexity index is 1080. The first-order valence-electron chi connectivity index (χ1n) is 7.36. The topological polar surface area (TPSA) is 68.5 Å². The van der Waals surface area contributed by atoms with E-state index in [2.05, 4.69) is 15.1 Å². The molecule has 0 saturated heterocycles. The maximum atomic E-state index is 13.6. The Morgan fingerprint density at radius 3 is 2.48 bits per heavy atom. The summed E-state index contributed by atoms with van der Waals surface area (Å²) in [5.74, 6) is 0. The molecular weight excluding hydrogens is 355 g/mol. The molecule has 10 heteroatoms. The predicted octanol–water partition coefficient (Wildman–Crippen LogP) is 3.45. The number of rotatable bonds is 2. The van der Waals surface area contributed by atoms with Crippen molar-refractivity contribution in [3.63, 3.8) is 0 Å². The monoisotopic (exact) mass is 369 g/mol. The van der Waals surface area contributed by atoms with E-state index in [1.54, 1.807) is 33.2 Å². The molecule has 3 aromatic heterocycles. The van der Waals surface area contributed by atoms with Crippen molar-refractivity contribution in [2.24, 2.45) is 7.05 Å². The summed E-state index contributed by atoms with van der Waals surface area (Å²) in [7, 11) is 1.65. The van der Waals surface area contributed by atoms with Crippen molar-refractivity contribution < 1.29 is 13.2 Å². The minimum atomic E-state index is -4.73. The minimum Gasteiger partial charge on any atom is -0.300 e. The van der Waals surface area contributed by atoms with Crippen LogP contribution in [0.25, 0.3) is 22.4 Å². The van der Waals surface area contributed by atoms with Crippen LogP contribution in [0.4, 0.5) is 13.2 Å². The van der Waals surface area contributed by atoms with Crippen LogP contribution in [0.2, 0.25) is 0 Å². The van der Waals surface area contributed by atoms with Gasteiger partial charge in [-0.1, -0.05) is 0 Å². The summed E-state index contributed by atoms with van der Waals surface area (Å²) in [5.41, 5.74) is -1.79. The van der Waals surface area contributed by atoms with E-state index in [0.717, 1.165) is 6.07 Å². The van der Waals surface area contributed by atoms with Crippen molar-refractivity contribution >= 4 is 23.3 Å². The Kier molecular flexibility index (Phi) is 4.02. The average molecular weight is 369 g/mol. The standard InChI is InChI=1S/C15H14F3N5OS/c1-7(2)23-12-11(13(24)20-14(23)25)8(15(16,17)18)6-10(19-12)9-4-5-22(3)21-9/h4-7H,1-3H3,(H,20,24,25). The summed E-state index contributed by atoms with van der Waals surface area (Å²) in [4.78, 5) is 18.8. The van der Waals surface area contributed by atoms with Gasteiger partial charge in [0.15, 0.2) is 4.77 Å². The maximum absolute atomic E-state index is 13.6. The number of aromatic amines is 1. The van der Waals surface area contributed by atoms with Crippen molar-refractivity contribution in [3.05, 3.63) is 39.0 Å². The number of aryl methyl sites for hydroxylation is 1. The summed E-state index contributed by atoms with van der Waals surface area (Å²) in [6.45, 7) is 3.49. The van der Waals surface area contributed by atoms with Crippen molar-refractivity contribution in [3.8, 4) is 11.4 Å². The highest BCUT2D eigenvalue weighted by atomic mass is 32.1. The van der Waals surface area contributed by atoms with Gasteiger partial charge in [-0.15, -0.1) is 0 Å². The highest BCUT2D eigenvalue weighted by molar-refractivity contribution is 7.71. The van der Waals surface area contributed by atoms with Crippen molar-refractivity contribution in [2.75, 3.05) is 0 Å². The molecule has 0 unspecified atom stereocenters. The Balaban J connectivity index is 2.53. The minimum absolute atomic E-state index is 0.0197. The van der Waals surface area contributed by atoms with E-state index in [-0.39, 0.29) is 27.8 Å². The fourth-order valence-corrected chi connectivity index (χ4v) is 3.02. The van der Waals surface area contributed by atoms with Crippen LogP contribution < -0.4 is 5.56 Å². The molecule has 0 aliphatic heterocycles. The van der Waals surface area contributed by atoms with Crippen LogP contribution in [0.5, 0.6) is 0 Å². The van der Waals surface area contributed by atoms with Gasteiger partial charge in [0, 0.05) is 19.3 Å². The first kappa shape index (κ1) is 17.3. The average Bonchev–Trinajstić information content (AvgIpc) is 2.91. The number of pyridine rings is 1. The third-order valence-electron chi connectivity index (χ3n) is 3.69. The fraction of sp³-hybridized carbons (Fsp3) is 0.333. The van der Waals surface area contributed by atoms with Gasteiger partial charge in [-0.2, -0.15) is 18.3 Å². The van der Waals surface area contributed by atoms with Gasteiger partial charge in [-0.05, 0) is 38.2 Å². The molecule has 0 fully saturated rings. The van der Waals surface area contributed by atoms with Gasteiger partial charge in [0.1, 0.15) is 11.3 Å². The summed E-state index contributed by atoms with van der Waals surface area (Å²) in [5, 5.41) is 3.56. The van der Waals surface area contributed by atoms with E-state index in [0.29, 0.717) is 0 Å². The van der Waals surface area contributed by atoms with Crippen LogP contribution in [0.3, 0.4) is 0 Å². The molecule has 3 aromatic rings. The number of nitrogens with zero attached hydrogens (tertiary/aromatic N) is 4. The summed E-state index contributed by atoms with van der Waals surface area (Å²) >= 11 is 5.11. The lowest BCUT2D eigenvalue weighted by atomic mass is 10.1. The van der Waals surface area contributed by atoms with Crippen molar-refractivity contribution in [2.45, 2.75) is 26.1 Å². The molecule has 1 N–H and O–H groups in total. The molecular formula is C15H14F3N5OS. The number of halogens is 3. The highest BCUT2D eigenvalue weighted by Gasteiger charge is 2.36. The zero-order valence-corrected chi connectivity index (χ0v) is 14.4. The lowest BCUT2D eigenvalue weighted by molar-refractivity contribution is -0.136. The van der Waals surface area contributed by atoms with Gasteiger partial charge in [0.05, 0.1) is 16.6 Å². The molecule has 25 heavy (non-hydrogen) atoms. The molecule has 3 heterocycles. The van der Waals surface area contributed by atoms with Crippen LogP contribution in [0, 0.1) is 4.77 Å². The van der Waals surface area contributed by atoms with E-state index in [9.17, 15) is 18.0 Å². The number of nitrogens with one attached hydrogen (secondary N) is 1. The lowest BCUT2D eigenvalue weighted by Crippen LogP contribution is -2.21. The van der Waals surface area contributed by atoms with E-state index >= 15 is 0 Å². The molecule has 0 aliphatic carbocycles. The van der Waals surface area contributed by atoms with Gasteiger partial charge in [0.25, 0.3) is 5.56 Å². The molecule has 0 saturated carbocycles. The molecule has 0 radical (unpaired) electrons. The number of fused-ring (bicyclic) bond motifs is 1. The zero-order valence-electron chi connectivity index (χ0n) is 13.5. The normalized spacial score (nSPS) is 12.3. The Morgan fingerprint density at radius 2 is 1.96 bits per heavy atom. The number of hydrogen-bond donors (Lipinski definition) is 1. The van der Waals surface area contributed by atoms with Crippen LogP contribution in [0.1, 0.15) is 25.5 Å². The van der Waals surface area contributed by atoms with Crippen molar-refractivity contribution in [1.29, 1.82) is 0 Å². The van der Waals surface area contributed by atoms with E-state index < -0.39 is 22.7 Å². The molecule has 0 amide bonds. The Hall–Kier alpha value is -2.49. The molecule has 6 nitrogen and oxygen atoms in total.